The van der Waals surface area contributed by atoms with Crippen LogP contribution in [0.1, 0.15) is 11.1 Å². The van der Waals surface area contributed by atoms with Crippen molar-refractivity contribution in [2.75, 3.05) is 0 Å². The fourth-order valence-electron chi connectivity index (χ4n) is 4.63. The van der Waals surface area contributed by atoms with Crippen molar-refractivity contribution in [3.8, 4) is 0 Å². The zero-order valence-corrected chi connectivity index (χ0v) is 20.9. The first-order chi connectivity index (χ1) is 13.8. The van der Waals surface area contributed by atoms with Crippen LogP contribution in [0.25, 0.3) is 43.1 Å². The fraction of sp³-hybridized carbons (Fsp3) is 0.0714. The van der Waals surface area contributed by atoms with Gasteiger partial charge in [0, 0.05) is 0 Å². The van der Waals surface area contributed by atoms with Crippen molar-refractivity contribution in [2.24, 2.45) is 0 Å². The number of rotatable bonds is 3. The van der Waals surface area contributed by atoms with E-state index in [9.17, 15) is 0 Å². The van der Waals surface area contributed by atoms with E-state index in [2.05, 4.69) is 97.1 Å². The first kappa shape index (κ1) is 23.7. The standard InChI is InChI=1S/C28H20.2ClH.Zr/c1-3-7-25-21(5-1)11-13-23-15-19(17-27(23)25)9-10-20-16-24-14-12-22-6-2-4-8-26(22)28(24)18-20;;;/h1-8,11-18H,9-10H2;2*1H;/q-2;;;+4/p-2. The molecule has 3 heteroatoms. The molecule has 0 heterocycles. The van der Waals surface area contributed by atoms with Gasteiger partial charge in [-0.25, -0.2) is 0 Å². The Bertz CT molecular complexity index is 1360. The monoisotopic (exact) mass is 516 g/mol. The SMILES string of the molecule is [Cl-].[Cl-].[Zr+4].c1ccc2c(c1)ccc1[cH-]c(CCc3cc4c(ccc5ccccc54)[cH-]3)cc12. The molecule has 0 aromatic heterocycles. The molecule has 0 bridgehead atoms. The van der Waals surface area contributed by atoms with Gasteiger partial charge in [0.2, 0.25) is 0 Å². The second-order valence-corrected chi connectivity index (χ2v) is 7.81. The van der Waals surface area contributed by atoms with E-state index < -0.39 is 0 Å². The van der Waals surface area contributed by atoms with E-state index in [1.165, 1.54) is 54.2 Å². The normalized spacial score (nSPS) is 10.7. The van der Waals surface area contributed by atoms with Gasteiger partial charge >= 0.3 is 26.2 Å². The van der Waals surface area contributed by atoms with Gasteiger partial charge in [0.05, 0.1) is 0 Å². The minimum atomic E-state index is 0. The minimum absolute atomic E-state index is 0. The Balaban J connectivity index is 0.000000907. The van der Waals surface area contributed by atoms with Gasteiger partial charge in [-0.15, -0.1) is 56.9 Å². The van der Waals surface area contributed by atoms with Crippen LogP contribution in [0, 0.1) is 0 Å². The van der Waals surface area contributed by atoms with Gasteiger partial charge in [0.1, 0.15) is 0 Å². The van der Waals surface area contributed by atoms with Crippen molar-refractivity contribution in [3.05, 3.63) is 108 Å². The third kappa shape index (κ3) is 4.25. The van der Waals surface area contributed by atoms with Crippen molar-refractivity contribution in [2.45, 2.75) is 12.8 Å². The average Bonchev–Trinajstić information content (AvgIpc) is 3.36. The minimum Gasteiger partial charge on any atom is -1.00 e. The number of hydrogen-bond donors (Lipinski definition) is 0. The summed E-state index contributed by atoms with van der Waals surface area (Å²) in [6, 6.07) is 35.8. The Morgan fingerprint density at radius 2 is 0.903 bits per heavy atom. The van der Waals surface area contributed by atoms with Gasteiger partial charge in [-0.2, -0.15) is 12.1 Å². The van der Waals surface area contributed by atoms with Crippen molar-refractivity contribution < 1.29 is 51.0 Å². The second kappa shape index (κ2) is 9.70. The van der Waals surface area contributed by atoms with Crippen LogP contribution >= 0.6 is 0 Å². The second-order valence-electron chi connectivity index (χ2n) is 7.81. The number of fused-ring (bicyclic) bond motifs is 6. The smallest absolute Gasteiger partial charge is 1.00 e. The molecule has 0 nitrogen and oxygen atoms in total. The molecule has 0 amide bonds. The summed E-state index contributed by atoms with van der Waals surface area (Å²) in [4.78, 5) is 0. The van der Waals surface area contributed by atoms with Crippen LogP contribution in [0.3, 0.4) is 0 Å². The summed E-state index contributed by atoms with van der Waals surface area (Å²) in [5.74, 6) is 0. The first-order valence-electron chi connectivity index (χ1n) is 9.99. The Labute approximate surface area is 213 Å². The summed E-state index contributed by atoms with van der Waals surface area (Å²) in [6.07, 6.45) is 2.16. The first-order valence-corrected chi connectivity index (χ1v) is 9.99. The molecule has 6 aromatic rings. The summed E-state index contributed by atoms with van der Waals surface area (Å²) < 4.78 is 0. The molecule has 0 atom stereocenters. The zero-order chi connectivity index (χ0) is 18.5. The molecule has 0 unspecified atom stereocenters. The summed E-state index contributed by atoms with van der Waals surface area (Å²) in [6.45, 7) is 0. The summed E-state index contributed by atoms with van der Waals surface area (Å²) in [5, 5.41) is 10.8. The van der Waals surface area contributed by atoms with E-state index in [0.29, 0.717) is 0 Å². The maximum Gasteiger partial charge on any atom is 4.00 e. The van der Waals surface area contributed by atoms with Crippen LogP contribution in [0.5, 0.6) is 0 Å². The van der Waals surface area contributed by atoms with Gasteiger partial charge in [-0.1, -0.05) is 71.4 Å². The van der Waals surface area contributed by atoms with E-state index >= 15 is 0 Å². The van der Waals surface area contributed by atoms with Gasteiger partial charge in [-0.3, -0.25) is 0 Å². The molecular formula is C28H20Cl2Zr. The average molecular weight is 519 g/mol. The largest absolute Gasteiger partial charge is 4.00 e. The third-order valence-electron chi connectivity index (χ3n) is 6.05. The van der Waals surface area contributed by atoms with Crippen LogP contribution in [0.4, 0.5) is 0 Å². The van der Waals surface area contributed by atoms with Gasteiger partial charge in [0.25, 0.3) is 0 Å². The maximum absolute atomic E-state index is 2.38. The van der Waals surface area contributed by atoms with E-state index in [-0.39, 0.29) is 51.0 Å². The van der Waals surface area contributed by atoms with Crippen LogP contribution in [-0.4, -0.2) is 0 Å². The number of hydrogen-bond acceptors (Lipinski definition) is 0. The topological polar surface area (TPSA) is 0 Å². The van der Waals surface area contributed by atoms with Crippen molar-refractivity contribution in [3.63, 3.8) is 0 Å². The molecule has 6 rings (SSSR count). The fourth-order valence-corrected chi connectivity index (χ4v) is 4.63. The quantitative estimate of drug-likeness (QED) is 0.312. The Morgan fingerprint density at radius 3 is 1.35 bits per heavy atom. The Hall–Kier alpha value is -1.92. The molecule has 0 radical (unpaired) electrons. The van der Waals surface area contributed by atoms with E-state index in [0.717, 1.165) is 12.8 Å². The molecule has 0 fully saturated rings. The number of aryl methyl sites for hydroxylation is 2. The molecule has 0 aliphatic heterocycles. The number of benzene rings is 4. The molecule has 0 N–H and O–H groups in total. The van der Waals surface area contributed by atoms with Crippen LogP contribution in [-0.2, 0) is 39.0 Å². The van der Waals surface area contributed by atoms with Crippen molar-refractivity contribution >= 4 is 43.1 Å². The van der Waals surface area contributed by atoms with Crippen LogP contribution < -0.4 is 24.8 Å². The summed E-state index contributed by atoms with van der Waals surface area (Å²) >= 11 is 0. The van der Waals surface area contributed by atoms with E-state index in [1.54, 1.807) is 0 Å². The molecule has 0 aliphatic carbocycles. The molecular weight excluding hydrogens is 498 g/mol. The molecule has 0 saturated heterocycles. The van der Waals surface area contributed by atoms with Crippen LogP contribution in [0.2, 0.25) is 0 Å². The zero-order valence-electron chi connectivity index (χ0n) is 16.9. The van der Waals surface area contributed by atoms with E-state index in [4.69, 9.17) is 0 Å². The summed E-state index contributed by atoms with van der Waals surface area (Å²) in [7, 11) is 0. The van der Waals surface area contributed by atoms with E-state index in [1.807, 2.05) is 0 Å². The molecule has 31 heavy (non-hydrogen) atoms. The predicted molar refractivity (Wildman–Crippen MR) is 122 cm³/mol. The van der Waals surface area contributed by atoms with Crippen molar-refractivity contribution in [1.82, 2.24) is 0 Å². The molecule has 0 aliphatic rings. The van der Waals surface area contributed by atoms with Gasteiger partial charge in [-0.05, 0) is 23.6 Å². The molecule has 6 aromatic carbocycles. The van der Waals surface area contributed by atoms with Gasteiger partial charge in [0.15, 0.2) is 0 Å². The van der Waals surface area contributed by atoms with Crippen molar-refractivity contribution in [1.29, 1.82) is 0 Å². The maximum atomic E-state index is 2.38. The van der Waals surface area contributed by atoms with Crippen LogP contribution in [0.15, 0.2) is 97.1 Å². The summed E-state index contributed by atoms with van der Waals surface area (Å²) in [5.41, 5.74) is 2.86. The Morgan fingerprint density at radius 1 is 0.484 bits per heavy atom. The third-order valence-corrected chi connectivity index (χ3v) is 6.05. The molecule has 0 saturated carbocycles. The Kier molecular flexibility index (Phi) is 7.43. The van der Waals surface area contributed by atoms with Gasteiger partial charge < -0.3 is 24.8 Å². The molecule has 150 valence electrons. The number of halogens is 2. The molecule has 0 spiro atoms. The predicted octanol–water partition coefficient (Wildman–Crippen LogP) is 1.53.